The van der Waals surface area contributed by atoms with E-state index in [-0.39, 0.29) is 6.54 Å². The minimum atomic E-state index is -0.422. The molecule has 4 N–H and O–H groups in total. The largest absolute Gasteiger partial charge is 0.370 e. The van der Waals surface area contributed by atoms with Gasteiger partial charge in [0.25, 0.3) is 0 Å². The van der Waals surface area contributed by atoms with Crippen molar-refractivity contribution in [1.29, 1.82) is 0 Å². The van der Waals surface area contributed by atoms with Gasteiger partial charge in [-0.25, -0.2) is 9.97 Å². The number of hydrogen-bond donors (Lipinski definition) is 3. The second-order valence-electron chi connectivity index (χ2n) is 2.98. The van der Waals surface area contributed by atoms with Crippen molar-refractivity contribution in [3.63, 3.8) is 0 Å². The molecule has 0 bridgehead atoms. The van der Waals surface area contributed by atoms with Gasteiger partial charge in [0, 0.05) is 12.6 Å². The summed E-state index contributed by atoms with van der Waals surface area (Å²) in [4.78, 5) is 19.1. The number of primary amides is 1. The van der Waals surface area contributed by atoms with Crippen molar-refractivity contribution < 1.29 is 4.79 Å². The molecule has 7 heteroatoms. The molecule has 1 heterocycles. The smallest absolute Gasteiger partial charge is 0.236 e. The minimum absolute atomic E-state index is 0.0659. The van der Waals surface area contributed by atoms with Crippen molar-refractivity contribution in [1.82, 2.24) is 9.97 Å². The molecular weight excluding hydrogens is 226 g/mol. The van der Waals surface area contributed by atoms with Crippen molar-refractivity contribution in [2.24, 2.45) is 5.73 Å². The number of nitrogens with two attached hydrogens (primary N) is 1. The van der Waals surface area contributed by atoms with Crippen LogP contribution in [0.1, 0.15) is 6.92 Å². The van der Waals surface area contributed by atoms with E-state index in [4.69, 9.17) is 5.73 Å². The Bertz CT molecular complexity index is 371. The van der Waals surface area contributed by atoms with Gasteiger partial charge in [-0.05, 0) is 13.2 Å². The molecule has 0 fully saturated rings. The first-order chi connectivity index (χ1) is 7.65. The fourth-order valence-corrected chi connectivity index (χ4v) is 1.44. The molecule has 0 aromatic carbocycles. The molecule has 0 unspecified atom stereocenters. The molecule has 0 radical (unpaired) electrons. The quantitative estimate of drug-likeness (QED) is 0.497. The normalized spacial score (nSPS) is 9.88. The molecule has 6 nitrogen and oxygen atoms in total. The van der Waals surface area contributed by atoms with E-state index in [9.17, 15) is 4.79 Å². The van der Waals surface area contributed by atoms with Crippen LogP contribution >= 0.6 is 11.8 Å². The first-order valence-electron chi connectivity index (χ1n) is 4.84. The standard InChI is InChI=1S/C9H15N5OS/c1-3-11-7-4-8(12-5-6(10)15)14-9(13-7)16-2/h4H,3,5H2,1-2H3,(H2,10,15)(H2,11,12,13,14). The Kier molecular flexibility index (Phi) is 4.84. The molecule has 88 valence electrons. The van der Waals surface area contributed by atoms with Crippen LogP contribution in [0.25, 0.3) is 0 Å². The van der Waals surface area contributed by atoms with E-state index >= 15 is 0 Å². The summed E-state index contributed by atoms with van der Waals surface area (Å²) in [5.41, 5.74) is 5.04. The molecule has 0 spiro atoms. The number of rotatable bonds is 6. The molecule has 0 saturated carbocycles. The van der Waals surface area contributed by atoms with Crippen LogP contribution in [0.5, 0.6) is 0 Å². The molecule has 16 heavy (non-hydrogen) atoms. The first kappa shape index (κ1) is 12.6. The fourth-order valence-electron chi connectivity index (χ4n) is 1.06. The third-order valence-electron chi connectivity index (χ3n) is 1.69. The monoisotopic (exact) mass is 241 g/mol. The summed E-state index contributed by atoms with van der Waals surface area (Å²) in [6, 6.07) is 1.74. The van der Waals surface area contributed by atoms with Crippen LogP contribution in [0.15, 0.2) is 11.2 Å². The summed E-state index contributed by atoms with van der Waals surface area (Å²) >= 11 is 1.44. The number of nitrogens with zero attached hydrogens (tertiary/aromatic N) is 2. The molecule has 1 rings (SSSR count). The van der Waals surface area contributed by atoms with E-state index in [1.807, 2.05) is 13.2 Å². The molecule has 0 aliphatic carbocycles. The van der Waals surface area contributed by atoms with Gasteiger partial charge < -0.3 is 16.4 Å². The zero-order chi connectivity index (χ0) is 12.0. The molecule has 0 atom stereocenters. The Balaban J connectivity index is 2.81. The highest BCUT2D eigenvalue weighted by atomic mass is 32.2. The molecular formula is C9H15N5OS. The number of amides is 1. The van der Waals surface area contributed by atoms with Crippen LogP contribution in [0.4, 0.5) is 11.6 Å². The summed E-state index contributed by atoms with van der Waals surface area (Å²) < 4.78 is 0. The summed E-state index contributed by atoms with van der Waals surface area (Å²) in [6.45, 7) is 2.83. The number of carbonyl (C=O) groups excluding carboxylic acids is 1. The van der Waals surface area contributed by atoms with Crippen LogP contribution in [-0.2, 0) is 4.79 Å². The molecule has 0 aliphatic rings. The second-order valence-corrected chi connectivity index (χ2v) is 3.75. The van der Waals surface area contributed by atoms with Crippen molar-refractivity contribution in [2.45, 2.75) is 12.1 Å². The highest BCUT2D eigenvalue weighted by Gasteiger charge is 2.03. The van der Waals surface area contributed by atoms with Gasteiger partial charge in [-0.3, -0.25) is 4.79 Å². The number of hydrogen-bond acceptors (Lipinski definition) is 6. The predicted octanol–water partition coefficient (Wildman–Crippen LogP) is 0.527. The Morgan fingerprint density at radius 3 is 2.56 bits per heavy atom. The van der Waals surface area contributed by atoms with Crippen molar-refractivity contribution in [3.8, 4) is 0 Å². The summed E-state index contributed by atoms with van der Waals surface area (Å²) in [6.07, 6.45) is 1.89. The Morgan fingerprint density at radius 1 is 1.44 bits per heavy atom. The maximum absolute atomic E-state index is 10.6. The van der Waals surface area contributed by atoms with Crippen molar-refractivity contribution in [3.05, 3.63) is 6.07 Å². The van der Waals surface area contributed by atoms with Crippen LogP contribution in [0.3, 0.4) is 0 Å². The average Bonchev–Trinajstić information content (AvgIpc) is 2.26. The Labute approximate surface area is 98.4 Å². The topological polar surface area (TPSA) is 92.9 Å². The Hall–Kier alpha value is -1.50. The number of anilines is 2. The van der Waals surface area contributed by atoms with E-state index in [0.29, 0.717) is 11.0 Å². The first-order valence-corrected chi connectivity index (χ1v) is 6.07. The van der Waals surface area contributed by atoms with Crippen LogP contribution < -0.4 is 16.4 Å². The summed E-state index contributed by atoms with van der Waals surface area (Å²) in [7, 11) is 0. The van der Waals surface area contributed by atoms with Gasteiger partial charge in [-0.1, -0.05) is 11.8 Å². The predicted molar refractivity (Wildman–Crippen MR) is 65.7 cm³/mol. The minimum Gasteiger partial charge on any atom is -0.370 e. The highest BCUT2D eigenvalue weighted by molar-refractivity contribution is 7.98. The van der Waals surface area contributed by atoms with Crippen LogP contribution in [0, 0.1) is 0 Å². The van der Waals surface area contributed by atoms with Gasteiger partial charge in [-0.15, -0.1) is 0 Å². The number of aromatic nitrogens is 2. The average molecular weight is 241 g/mol. The zero-order valence-corrected chi connectivity index (χ0v) is 10.1. The van der Waals surface area contributed by atoms with E-state index < -0.39 is 5.91 Å². The third-order valence-corrected chi connectivity index (χ3v) is 2.24. The van der Waals surface area contributed by atoms with Crippen LogP contribution in [0.2, 0.25) is 0 Å². The third kappa shape index (κ3) is 3.93. The van der Waals surface area contributed by atoms with Gasteiger partial charge >= 0.3 is 0 Å². The lowest BCUT2D eigenvalue weighted by Gasteiger charge is -2.08. The van der Waals surface area contributed by atoms with Gasteiger partial charge in [0.05, 0.1) is 6.54 Å². The van der Waals surface area contributed by atoms with E-state index in [1.165, 1.54) is 11.8 Å². The van der Waals surface area contributed by atoms with Gasteiger partial charge in [-0.2, -0.15) is 0 Å². The summed E-state index contributed by atoms with van der Waals surface area (Å²) in [5.74, 6) is 0.900. The number of nitrogens with one attached hydrogen (secondary N) is 2. The van der Waals surface area contributed by atoms with E-state index in [1.54, 1.807) is 6.07 Å². The van der Waals surface area contributed by atoms with Gasteiger partial charge in [0.2, 0.25) is 5.91 Å². The van der Waals surface area contributed by atoms with Gasteiger partial charge in [0.1, 0.15) is 11.6 Å². The lowest BCUT2D eigenvalue weighted by molar-refractivity contribution is -0.116. The second kappa shape index (κ2) is 6.16. The molecule has 0 aliphatic heterocycles. The maximum Gasteiger partial charge on any atom is 0.236 e. The van der Waals surface area contributed by atoms with E-state index in [2.05, 4.69) is 20.6 Å². The zero-order valence-electron chi connectivity index (χ0n) is 9.28. The lowest BCUT2D eigenvalue weighted by Crippen LogP contribution is -2.22. The number of thioether (sulfide) groups is 1. The van der Waals surface area contributed by atoms with Crippen molar-refractivity contribution in [2.75, 3.05) is 30.0 Å². The summed E-state index contributed by atoms with van der Waals surface area (Å²) in [5, 5.41) is 6.57. The SMILES string of the molecule is CCNc1cc(NCC(N)=O)nc(SC)n1. The van der Waals surface area contributed by atoms with Crippen molar-refractivity contribution >= 4 is 29.3 Å². The molecule has 0 saturated heterocycles. The maximum atomic E-state index is 10.6. The molecule has 1 aromatic rings. The molecule has 1 aromatic heterocycles. The Morgan fingerprint density at radius 2 is 2.06 bits per heavy atom. The van der Waals surface area contributed by atoms with Gasteiger partial charge in [0.15, 0.2) is 5.16 Å². The number of carbonyl (C=O) groups is 1. The fraction of sp³-hybridized carbons (Fsp3) is 0.444. The van der Waals surface area contributed by atoms with E-state index in [0.717, 1.165) is 12.4 Å². The molecule has 1 amide bonds. The highest BCUT2D eigenvalue weighted by Crippen LogP contribution is 2.16. The lowest BCUT2D eigenvalue weighted by atomic mass is 10.5. The van der Waals surface area contributed by atoms with Crippen LogP contribution in [-0.4, -0.2) is 35.2 Å².